The number of aromatic nitrogens is 3. The third-order valence-electron chi connectivity index (χ3n) is 5.03. The van der Waals surface area contributed by atoms with Crippen LogP contribution in [0.25, 0.3) is 0 Å². The molecule has 2 N–H and O–H groups in total. The van der Waals surface area contributed by atoms with E-state index in [2.05, 4.69) is 38.1 Å². The number of halogens is 1. The summed E-state index contributed by atoms with van der Waals surface area (Å²) in [6, 6.07) is 14.0. The summed E-state index contributed by atoms with van der Waals surface area (Å²) in [5.74, 6) is 0.287. The van der Waals surface area contributed by atoms with Gasteiger partial charge in [0, 0.05) is 42.6 Å². The average Bonchev–Trinajstić information content (AvgIpc) is 2.74. The summed E-state index contributed by atoms with van der Waals surface area (Å²) >= 11 is 6.15. The van der Waals surface area contributed by atoms with Crippen LogP contribution in [0.4, 0.5) is 5.95 Å². The number of anilines is 1. The van der Waals surface area contributed by atoms with Crippen LogP contribution in [0.2, 0.25) is 5.02 Å². The van der Waals surface area contributed by atoms with Crippen LogP contribution in [0.15, 0.2) is 61.1 Å². The molecule has 2 atom stereocenters. The standard InChI is InChI=1S/C21H22ClN5O/c22-17-5-3-15(4-6-17)19(16-2-1-8-24-14-16)20(27-10-12-28-13-11-27)18-7-9-25-21(23)26-18/h1-9,14,19-20H,10-13H2,(H2,23,25,26). The predicted molar refractivity (Wildman–Crippen MR) is 109 cm³/mol. The number of nitrogens with two attached hydrogens (primary N) is 1. The Hall–Kier alpha value is -2.54. The summed E-state index contributed by atoms with van der Waals surface area (Å²) in [5.41, 5.74) is 9.07. The van der Waals surface area contributed by atoms with Crippen molar-refractivity contribution in [3.8, 4) is 0 Å². The lowest BCUT2D eigenvalue weighted by Gasteiger charge is -2.39. The van der Waals surface area contributed by atoms with Gasteiger partial charge in [-0.15, -0.1) is 0 Å². The maximum atomic E-state index is 6.15. The molecule has 1 aliphatic heterocycles. The van der Waals surface area contributed by atoms with Crippen LogP contribution in [0, 0.1) is 0 Å². The van der Waals surface area contributed by atoms with E-state index in [0.29, 0.717) is 18.2 Å². The summed E-state index contributed by atoms with van der Waals surface area (Å²) in [6.45, 7) is 3.02. The Morgan fingerprint density at radius 2 is 1.79 bits per heavy atom. The van der Waals surface area contributed by atoms with Gasteiger partial charge in [-0.25, -0.2) is 9.97 Å². The van der Waals surface area contributed by atoms with Gasteiger partial charge in [0.15, 0.2) is 0 Å². The van der Waals surface area contributed by atoms with Crippen molar-refractivity contribution in [3.63, 3.8) is 0 Å². The van der Waals surface area contributed by atoms with Crippen LogP contribution in [0.1, 0.15) is 28.8 Å². The first-order valence-electron chi connectivity index (χ1n) is 9.28. The third kappa shape index (κ3) is 4.14. The van der Waals surface area contributed by atoms with Gasteiger partial charge in [-0.05, 0) is 35.4 Å². The number of nitrogen functional groups attached to an aromatic ring is 1. The lowest BCUT2D eigenvalue weighted by molar-refractivity contribution is 0.0115. The van der Waals surface area contributed by atoms with Crippen LogP contribution in [-0.4, -0.2) is 46.2 Å². The molecule has 28 heavy (non-hydrogen) atoms. The summed E-state index contributed by atoms with van der Waals surface area (Å²) in [4.78, 5) is 15.4. The molecule has 2 aromatic heterocycles. The van der Waals surface area contributed by atoms with Crippen LogP contribution in [0.3, 0.4) is 0 Å². The maximum Gasteiger partial charge on any atom is 0.220 e. The van der Waals surface area contributed by atoms with E-state index in [0.717, 1.165) is 29.9 Å². The molecule has 3 aromatic rings. The number of pyridine rings is 1. The molecular weight excluding hydrogens is 374 g/mol. The number of benzene rings is 1. The van der Waals surface area contributed by atoms with Crippen molar-refractivity contribution in [1.82, 2.24) is 19.9 Å². The largest absolute Gasteiger partial charge is 0.379 e. The minimum atomic E-state index is -0.0282. The van der Waals surface area contributed by atoms with Crippen molar-refractivity contribution in [2.24, 2.45) is 0 Å². The number of ether oxygens (including phenoxy) is 1. The number of hydrogen-bond acceptors (Lipinski definition) is 6. The molecule has 0 saturated carbocycles. The molecule has 0 radical (unpaired) electrons. The van der Waals surface area contributed by atoms with E-state index in [9.17, 15) is 0 Å². The zero-order valence-corrected chi connectivity index (χ0v) is 16.2. The molecule has 0 spiro atoms. The molecule has 1 fully saturated rings. The number of hydrogen-bond donors (Lipinski definition) is 1. The highest BCUT2D eigenvalue weighted by atomic mass is 35.5. The van der Waals surface area contributed by atoms with E-state index in [1.54, 1.807) is 12.4 Å². The van der Waals surface area contributed by atoms with Gasteiger partial charge in [0.2, 0.25) is 5.95 Å². The van der Waals surface area contributed by atoms with Crippen molar-refractivity contribution in [2.75, 3.05) is 32.0 Å². The quantitative estimate of drug-likeness (QED) is 0.714. The monoisotopic (exact) mass is 395 g/mol. The Balaban J connectivity index is 1.86. The average molecular weight is 396 g/mol. The normalized spacial score (nSPS) is 17.2. The molecule has 1 aliphatic rings. The van der Waals surface area contributed by atoms with Crippen molar-refractivity contribution >= 4 is 17.5 Å². The fourth-order valence-electron chi connectivity index (χ4n) is 3.76. The molecule has 1 aromatic carbocycles. The van der Waals surface area contributed by atoms with Gasteiger partial charge < -0.3 is 10.5 Å². The molecule has 7 heteroatoms. The molecule has 0 aliphatic carbocycles. The lowest BCUT2D eigenvalue weighted by atomic mass is 9.83. The minimum absolute atomic E-state index is 0.0124. The summed E-state index contributed by atoms with van der Waals surface area (Å²) in [7, 11) is 0. The van der Waals surface area contributed by atoms with E-state index >= 15 is 0 Å². The Bertz CT molecular complexity index is 900. The number of morpholine rings is 1. The van der Waals surface area contributed by atoms with Crippen LogP contribution < -0.4 is 5.73 Å². The van der Waals surface area contributed by atoms with Crippen molar-refractivity contribution in [1.29, 1.82) is 0 Å². The van der Waals surface area contributed by atoms with Crippen LogP contribution >= 0.6 is 11.6 Å². The van der Waals surface area contributed by atoms with Crippen LogP contribution in [0.5, 0.6) is 0 Å². The van der Waals surface area contributed by atoms with E-state index in [-0.39, 0.29) is 17.9 Å². The fraction of sp³-hybridized carbons (Fsp3) is 0.286. The highest BCUT2D eigenvalue weighted by Gasteiger charge is 2.34. The van der Waals surface area contributed by atoms with Crippen molar-refractivity contribution in [3.05, 3.63) is 82.9 Å². The second-order valence-electron chi connectivity index (χ2n) is 6.75. The summed E-state index contributed by atoms with van der Waals surface area (Å²) < 4.78 is 5.59. The smallest absolute Gasteiger partial charge is 0.220 e. The lowest BCUT2D eigenvalue weighted by Crippen LogP contribution is -2.42. The van der Waals surface area contributed by atoms with E-state index < -0.39 is 0 Å². The van der Waals surface area contributed by atoms with Gasteiger partial charge in [0.25, 0.3) is 0 Å². The first-order chi connectivity index (χ1) is 13.7. The second-order valence-corrected chi connectivity index (χ2v) is 7.18. The zero-order chi connectivity index (χ0) is 19.3. The summed E-state index contributed by atoms with van der Waals surface area (Å²) in [6.07, 6.45) is 5.42. The Morgan fingerprint density at radius 3 is 2.46 bits per heavy atom. The van der Waals surface area contributed by atoms with E-state index in [4.69, 9.17) is 22.1 Å². The van der Waals surface area contributed by atoms with E-state index in [1.165, 1.54) is 0 Å². The predicted octanol–water partition coefficient (Wildman–Crippen LogP) is 3.31. The van der Waals surface area contributed by atoms with Gasteiger partial charge in [-0.1, -0.05) is 29.8 Å². The van der Waals surface area contributed by atoms with Gasteiger partial charge in [-0.2, -0.15) is 0 Å². The Morgan fingerprint density at radius 1 is 1.00 bits per heavy atom. The molecule has 0 bridgehead atoms. The first kappa shape index (κ1) is 18.8. The molecular formula is C21H22ClN5O. The number of nitrogens with zero attached hydrogens (tertiary/aromatic N) is 4. The Labute approximate surface area is 169 Å². The van der Waals surface area contributed by atoms with Crippen molar-refractivity contribution < 1.29 is 4.74 Å². The minimum Gasteiger partial charge on any atom is -0.379 e. The van der Waals surface area contributed by atoms with Gasteiger partial charge in [0.1, 0.15) is 0 Å². The van der Waals surface area contributed by atoms with Crippen molar-refractivity contribution in [2.45, 2.75) is 12.0 Å². The maximum absolute atomic E-state index is 6.15. The first-order valence-corrected chi connectivity index (χ1v) is 9.66. The van der Waals surface area contributed by atoms with Gasteiger partial charge >= 0.3 is 0 Å². The topological polar surface area (TPSA) is 77.2 Å². The molecule has 3 heterocycles. The summed E-state index contributed by atoms with van der Waals surface area (Å²) in [5, 5.41) is 0.711. The zero-order valence-electron chi connectivity index (χ0n) is 15.4. The molecule has 2 unspecified atom stereocenters. The highest BCUT2D eigenvalue weighted by Crippen LogP contribution is 2.40. The molecule has 4 rings (SSSR count). The number of rotatable bonds is 5. The van der Waals surface area contributed by atoms with Gasteiger partial charge in [-0.3, -0.25) is 9.88 Å². The Kier molecular flexibility index (Phi) is 5.81. The van der Waals surface area contributed by atoms with Crippen LogP contribution in [-0.2, 0) is 4.74 Å². The molecule has 6 nitrogen and oxygen atoms in total. The SMILES string of the molecule is Nc1nccc(C(C(c2ccc(Cl)cc2)c2cccnc2)N2CCOCC2)n1. The van der Waals surface area contributed by atoms with Gasteiger partial charge in [0.05, 0.1) is 24.9 Å². The highest BCUT2D eigenvalue weighted by molar-refractivity contribution is 6.30. The molecule has 0 amide bonds. The second kappa shape index (κ2) is 8.65. The molecule has 144 valence electrons. The fourth-order valence-corrected chi connectivity index (χ4v) is 3.89. The third-order valence-corrected chi connectivity index (χ3v) is 5.28. The molecule has 1 saturated heterocycles. The van der Waals surface area contributed by atoms with E-state index in [1.807, 2.05) is 30.5 Å².